The van der Waals surface area contributed by atoms with Crippen LogP contribution in [0.25, 0.3) is 11.0 Å². The van der Waals surface area contributed by atoms with Gasteiger partial charge in [0.15, 0.2) is 5.16 Å². The summed E-state index contributed by atoms with van der Waals surface area (Å²) in [4.78, 5) is 21.2. The molecule has 5 heteroatoms. The predicted molar refractivity (Wildman–Crippen MR) is 111 cm³/mol. The molecule has 0 unspecified atom stereocenters. The third kappa shape index (κ3) is 4.53. The molecule has 140 valence electrons. The number of hydrogen-bond donors (Lipinski definition) is 2. The summed E-state index contributed by atoms with van der Waals surface area (Å²) >= 11 is 1.49. The zero-order valence-electron chi connectivity index (χ0n) is 15.4. The average Bonchev–Trinajstić information content (AvgIpc) is 2.94. The Morgan fingerprint density at radius 2 is 1.70 bits per heavy atom. The molecule has 1 fully saturated rings. The molecule has 1 aliphatic carbocycles. The molecule has 1 heterocycles. The van der Waals surface area contributed by atoms with Gasteiger partial charge in [0.2, 0.25) is 5.91 Å². The number of para-hydroxylation sites is 2. The van der Waals surface area contributed by atoms with Crippen LogP contribution >= 0.6 is 11.8 Å². The van der Waals surface area contributed by atoms with Crippen LogP contribution < -0.4 is 5.32 Å². The molecule has 4 rings (SSSR count). The summed E-state index contributed by atoms with van der Waals surface area (Å²) < 4.78 is 0. The Morgan fingerprint density at radius 3 is 2.44 bits per heavy atom. The molecule has 4 nitrogen and oxygen atoms in total. The number of imidazole rings is 1. The van der Waals surface area contributed by atoms with E-state index in [-0.39, 0.29) is 11.2 Å². The van der Waals surface area contributed by atoms with Crippen molar-refractivity contribution in [2.75, 3.05) is 0 Å². The Bertz CT molecular complexity index is 852. The lowest BCUT2D eigenvalue weighted by Crippen LogP contribution is -2.37. The Kier molecular flexibility index (Phi) is 5.78. The molecule has 27 heavy (non-hydrogen) atoms. The number of hydrogen-bond acceptors (Lipinski definition) is 3. The standard InChI is InChI=1S/C22H25N3OS/c26-21(23-17-12-6-1-2-7-13-17)20(16-10-4-3-5-11-16)27-22-24-18-14-8-9-15-19(18)25-22/h3-5,8-11,14-15,17,20H,1-2,6-7,12-13H2,(H,23,26)(H,24,25)/t20-/m1/s1. The number of thioether (sulfide) groups is 1. The van der Waals surface area contributed by atoms with Gasteiger partial charge in [0, 0.05) is 6.04 Å². The fraction of sp³-hybridized carbons (Fsp3) is 0.364. The number of rotatable bonds is 5. The van der Waals surface area contributed by atoms with Crippen molar-refractivity contribution in [2.24, 2.45) is 0 Å². The number of nitrogens with zero attached hydrogens (tertiary/aromatic N) is 1. The monoisotopic (exact) mass is 379 g/mol. The highest BCUT2D eigenvalue weighted by molar-refractivity contribution is 8.00. The van der Waals surface area contributed by atoms with Crippen LogP contribution in [0.5, 0.6) is 0 Å². The maximum absolute atomic E-state index is 13.2. The summed E-state index contributed by atoms with van der Waals surface area (Å²) in [5.74, 6) is 0.0820. The first-order chi connectivity index (χ1) is 13.3. The first-order valence-corrected chi connectivity index (χ1v) is 10.6. The maximum atomic E-state index is 13.2. The van der Waals surface area contributed by atoms with Crippen LogP contribution in [0.3, 0.4) is 0 Å². The zero-order chi connectivity index (χ0) is 18.5. The third-order valence-corrected chi connectivity index (χ3v) is 6.28. The van der Waals surface area contributed by atoms with Crippen molar-refractivity contribution in [1.82, 2.24) is 15.3 Å². The van der Waals surface area contributed by atoms with Crippen LogP contribution in [0.4, 0.5) is 0 Å². The number of aromatic nitrogens is 2. The number of carbonyl (C=O) groups is 1. The molecular weight excluding hydrogens is 354 g/mol. The molecule has 0 spiro atoms. The molecule has 1 amide bonds. The first kappa shape index (κ1) is 18.1. The molecular formula is C22H25N3OS. The fourth-order valence-corrected chi connectivity index (χ4v) is 4.71. The van der Waals surface area contributed by atoms with Gasteiger partial charge in [0.25, 0.3) is 0 Å². The van der Waals surface area contributed by atoms with Crippen LogP contribution in [-0.2, 0) is 4.79 Å². The van der Waals surface area contributed by atoms with Gasteiger partial charge in [-0.15, -0.1) is 0 Å². The van der Waals surface area contributed by atoms with E-state index in [1.54, 1.807) is 0 Å². The second-order valence-corrected chi connectivity index (χ2v) is 8.26. The minimum Gasteiger partial charge on any atom is -0.352 e. The number of amides is 1. The van der Waals surface area contributed by atoms with E-state index in [1.165, 1.54) is 37.4 Å². The maximum Gasteiger partial charge on any atom is 0.238 e. The predicted octanol–water partition coefficient (Wildman–Crippen LogP) is 5.24. The number of fused-ring (bicyclic) bond motifs is 1. The molecule has 1 aliphatic rings. The highest BCUT2D eigenvalue weighted by Gasteiger charge is 2.26. The normalized spacial score (nSPS) is 16.7. The average molecular weight is 380 g/mol. The van der Waals surface area contributed by atoms with Gasteiger partial charge < -0.3 is 10.3 Å². The van der Waals surface area contributed by atoms with E-state index in [0.717, 1.165) is 34.6 Å². The van der Waals surface area contributed by atoms with Crippen LogP contribution in [0, 0.1) is 0 Å². The highest BCUT2D eigenvalue weighted by Crippen LogP contribution is 2.35. The fourth-order valence-electron chi connectivity index (χ4n) is 3.70. The van der Waals surface area contributed by atoms with Crippen molar-refractivity contribution in [3.05, 3.63) is 60.2 Å². The van der Waals surface area contributed by atoms with Gasteiger partial charge in [-0.3, -0.25) is 4.79 Å². The van der Waals surface area contributed by atoms with E-state index in [0.29, 0.717) is 6.04 Å². The number of carbonyl (C=O) groups excluding carboxylic acids is 1. The van der Waals surface area contributed by atoms with Crippen molar-refractivity contribution < 1.29 is 4.79 Å². The van der Waals surface area contributed by atoms with E-state index in [1.807, 2.05) is 54.6 Å². The quantitative estimate of drug-likeness (QED) is 0.471. The van der Waals surface area contributed by atoms with Crippen LogP contribution in [0.15, 0.2) is 59.8 Å². The lowest BCUT2D eigenvalue weighted by atomic mass is 10.1. The second-order valence-electron chi connectivity index (χ2n) is 7.16. The van der Waals surface area contributed by atoms with E-state index >= 15 is 0 Å². The molecule has 0 radical (unpaired) electrons. The minimum absolute atomic E-state index is 0.0820. The molecule has 0 aliphatic heterocycles. The lowest BCUT2D eigenvalue weighted by Gasteiger charge is -2.21. The largest absolute Gasteiger partial charge is 0.352 e. The summed E-state index contributed by atoms with van der Waals surface area (Å²) in [6.07, 6.45) is 7.14. The summed E-state index contributed by atoms with van der Waals surface area (Å²) in [6, 6.07) is 18.3. The SMILES string of the molecule is O=C(NC1CCCCCC1)[C@H](Sc1nc2ccccc2[nH]1)c1ccccc1. The zero-order valence-corrected chi connectivity index (χ0v) is 16.2. The van der Waals surface area contributed by atoms with Crippen LogP contribution in [0.2, 0.25) is 0 Å². The molecule has 3 aromatic rings. The molecule has 1 aromatic heterocycles. The van der Waals surface area contributed by atoms with Crippen molar-refractivity contribution in [3.8, 4) is 0 Å². The smallest absolute Gasteiger partial charge is 0.238 e. The van der Waals surface area contributed by atoms with E-state index in [4.69, 9.17) is 0 Å². The van der Waals surface area contributed by atoms with Gasteiger partial charge in [-0.1, -0.05) is 79.9 Å². The molecule has 2 N–H and O–H groups in total. The van der Waals surface area contributed by atoms with Gasteiger partial charge >= 0.3 is 0 Å². The summed E-state index contributed by atoms with van der Waals surface area (Å²) in [7, 11) is 0. The first-order valence-electron chi connectivity index (χ1n) is 9.76. The topological polar surface area (TPSA) is 57.8 Å². The van der Waals surface area contributed by atoms with Crippen molar-refractivity contribution in [1.29, 1.82) is 0 Å². The molecule has 2 aromatic carbocycles. The van der Waals surface area contributed by atoms with Crippen LogP contribution in [0.1, 0.15) is 49.3 Å². The van der Waals surface area contributed by atoms with Gasteiger partial charge in [-0.25, -0.2) is 4.98 Å². The number of benzene rings is 2. The van der Waals surface area contributed by atoms with Crippen molar-refractivity contribution in [2.45, 2.75) is 55.0 Å². The number of H-pyrrole nitrogens is 1. The van der Waals surface area contributed by atoms with E-state index < -0.39 is 0 Å². The van der Waals surface area contributed by atoms with Gasteiger partial charge in [-0.05, 0) is 30.5 Å². The van der Waals surface area contributed by atoms with Crippen LogP contribution in [-0.4, -0.2) is 21.9 Å². The Labute approximate surface area is 164 Å². The van der Waals surface area contributed by atoms with E-state index in [9.17, 15) is 4.79 Å². The Morgan fingerprint density at radius 1 is 1.00 bits per heavy atom. The van der Waals surface area contributed by atoms with E-state index in [2.05, 4.69) is 15.3 Å². The third-order valence-electron chi connectivity index (χ3n) is 5.14. The molecule has 1 atom stereocenters. The molecule has 1 saturated carbocycles. The second kappa shape index (κ2) is 8.61. The molecule has 0 bridgehead atoms. The number of aromatic amines is 1. The van der Waals surface area contributed by atoms with Gasteiger partial charge in [0.1, 0.15) is 5.25 Å². The molecule has 0 saturated heterocycles. The summed E-state index contributed by atoms with van der Waals surface area (Å²) in [5.41, 5.74) is 2.93. The number of nitrogens with one attached hydrogen (secondary N) is 2. The lowest BCUT2D eigenvalue weighted by molar-refractivity contribution is -0.121. The summed E-state index contributed by atoms with van der Waals surface area (Å²) in [6.45, 7) is 0. The Hall–Kier alpha value is -2.27. The summed E-state index contributed by atoms with van der Waals surface area (Å²) in [5, 5.41) is 3.78. The highest BCUT2D eigenvalue weighted by atomic mass is 32.2. The minimum atomic E-state index is -0.310. The van der Waals surface area contributed by atoms with Gasteiger partial charge in [0.05, 0.1) is 11.0 Å². The van der Waals surface area contributed by atoms with Gasteiger partial charge in [-0.2, -0.15) is 0 Å². The van der Waals surface area contributed by atoms with Crippen molar-refractivity contribution in [3.63, 3.8) is 0 Å². The Balaban J connectivity index is 1.55. The van der Waals surface area contributed by atoms with Crippen molar-refractivity contribution >= 4 is 28.7 Å².